The predicted octanol–water partition coefficient (Wildman–Crippen LogP) is 2.57. The number of hydrogen-bond donors (Lipinski definition) is 1. The highest BCUT2D eigenvalue weighted by Crippen LogP contribution is 2.27. The van der Waals surface area contributed by atoms with E-state index < -0.39 is 5.97 Å². The molecule has 0 spiro atoms. The standard InChI is InChI=1S/C15H19NO4S2/c17-14(12-3-4-13(22-12)15(18)19)16(10-5-7-21-9-10)8-11-2-1-6-20-11/h3-4,10-11H,1-2,5-9H2,(H,18,19)/t10-,11-/m0/s1. The maximum atomic E-state index is 12.8. The van der Waals surface area contributed by atoms with Gasteiger partial charge in [0.15, 0.2) is 0 Å². The second-order valence-electron chi connectivity index (χ2n) is 5.58. The summed E-state index contributed by atoms with van der Waals surface area (Å²) < 4.78 is 5.68. The zero-order chi connectivity index (χ0) is 15.5. The molecule has 0 saturated carbocycles. The highest BCUT2D eigenvalue weighted by atomic mass is 32.2. The summed E-state index contributed by atoms with van der Waals surface area (Å²) >= 11 is 2.92. The summed E-state index contributed by atoms with van der Waals surface area (Å²) in [6.45, 7) is 1.39. The molecular formula is C15H19NO4S2. The maximum absolute atomic E-state index is 12.8. The number of rotatable bonds is 5. The van der Waals surface area contributed by atoms with Crippen molar-refractivity contribution in [1.82, 2.24) is 4.90 Å². The van der Waals surface area contributed by atoms with Gasteiger partial charge in [-0.05, 0) is 37.1 Å². The van der Waals surface area contributed by atoms with Crippen LogP contribution in [0.15, 0.2) is 12.1 Å². The van der Waals surface area contributed by atoms with Crippen molar-refractivity contribution in [2.75, 3.05) is 24.7 Å². The van der Waals surface area contributed by atoms with Gasteiger partial charge in [0.2, 0.25) is 0 Å². The van der Waals surface area contributed by atoms with E-state index in [0.717, 1.165) is 48.7 Å². The molecule has 7 heteroatoms. The van der Waals surface area contributed by atoms with Crippen LogP contribution >= 0.6 is 23.1 Å². The van der Waals surface area contributed by atoms with Gasteiger partial charge in [0, 0.05) is 24.9 Å². The summed E-state index contributed by atoms with van der Waals surface area (Å²) in [5, 5.41) is 9.02. The van der Waals surface area contributed by atoms with Crippen LogP contribution in [0.2, 0.25) is 0 Å². The second-order valence-corrected chi connectivity index (χ2v) is 7.81. The van der Waals surface area contributed by atoms with Gasteiger partial charge in [-0.2, -0.15) is 11.8 Å². The van der Waals surface area contributed by atoms with Gasteiger partial charge in [-0.1, -0.05) is 0 Å². The van der Waals surface area contributed by atoms with Gasteiger partial charge in [0.25, 0.3) is 5.91 Å². The molecule has 2 aliphatic heterocycles. The Balaban J connectivity index is 1.76. The molecule has 0 aliphatic carbocycles. The molecule has 3 heterocycles. The topological polar surface area (TPSA) is 66.8 Å². The van der Waals surface area contributed by atoms with E-state index in [1.165, 1.54) is 6.07 Å². The van der Waals surface area contributed by atoms with E-state index >= 15 is 0 Å². The molecule has 0 aromatic carbocycles. The molecular weight excluding hydrogens is 322 g/mol. The van der Waals surface area contributed by atoms with Crippen molar-refractivity contribution in [3.63, 3.8) is 0 Å². The number of aromatic carboxylic acids is 1. The summed E-state index contributed by atoms with van der Waals surface area (Å²) in [6, 6.07) is 3.37. The Hall–Kier alpha value is -1.05. The van der Waals surface area contributed by atoms with Crippen LogP contribution in [-0.4, -0.2) is 58.7 Å². The molecule has 22 heavy (non-hydrogen) atoms. The van der Waals surface area contributed by atoms with Crippen LogP contribution in [0.3, 0.4) is 0 Å². The average molecular weight is 341 g/mol. The number of thioether (sulfide) groups is 1. The Bertz CT molecular complexity index is 547. The summed E-state index contributed by atoms with van der Waals surface area (Å²) in [5.41, 5.74) is 0. The maximum Gasteiger partial charge on any atom is 0.345 e. The summed E-state index contributed by atoms with van der Waals surface area (Å²) in [5.74, 6) is 0.993. The van der Waals surface area contributed by atoms with Crippen molar-refractivity contribution >= 4 is 35.0 Å². The van der Waals surface area contributed by atoms with E-state index in [2.05, 4.69) is 0 Å². The molecule has 1 N–H and O–H groups in total. The first-order valence-corrected chi connectivity index (χ1v) is 9.45. The van der Waals surface area contributed by atoms with Gasteiger partial charge >= 0.3 is 5.97 Å². The summed E-state index contributed by atoms with van der Waals surface area (Å²) in [7, 11) is 0. The zero-order valence-electron chi connectivity index (χ0n) is 12.2. The van der Waals surface area contributed by atoms with Crippen molar-refractivity contribution < 1.29 is 19.4 Å². The van der Waals surface area contributed by atoms with Crippen molar-refractivity contribution in [2.24, 2.45) is 0 Å². The number of carboxylic acid groups (broad SMARTS) is 1. The van der Waals surface area contributed by atoms with Crippen LogP contribution in [0.1, 0.15) is 38.6 Å². The van der Waals surface area contributed by atoms with Gasteiger partial charge < -0.3 is 14.7 Å². The Morgan fingerprint density at radius 2 is 2.14 bits per heavy atom. The number of nitrogens with zero attached hydrogens (tertiary/aromatic N) is 1. The van der Waals surface area contributed by atoms with Crippen LogP contribution < -0.4 is 0 Å². The molecule has 2 fully saturated rings. The highest BCUT2D eigenvalue weighted by Gasteiger charge is 2.32. The molecule has 2 atom stereocenters. The monoisotopic (exact) mass is 341 g/mol. The van der Waals surface area contributed by atoms with Gasteiger partial charge in [0.05, 0.1) is 11.0 Å². The van der Waals surface area contributed by atoms with Gasteiger partial charge in [-0.3, -0.25) is 4.79 Å². The van der Waals surface area contributed by atoms with Crippen LogP contribution in [0.4, 0.5) is 0 Å². The first kappa shape index (κ1) is 15.8. The normalized spacial score (nSPS) is 24.5. The highest BCUT2D eigenvalue weighted by molar-refractivity contribution is 7.99. The molecule has 0 bridgehead atoms. The van der Waals surface area contributed by atoms with Crippen LogP contribution in [0, 0.1) is 0 Å². The van der Waals surface area contributed by atoms with Crippen LogP contribution in [0.25, 0.3) is 0 Å². The Morgan fingerprint density at radius 3 is 2.73 bits per heavy atom. The van der Waals surface area contributed by atoms with Crippen molar-refractivity contribution in [1.29, 1.82) is 0 Å². The van der Waals surface area contributed by atoms with Crippen LogP contribution in [-0.2, 0) is 4.74 Å². The Kier molecular flexibility index (Phi) is 5.05. The lowest BCUT2D eigenvalue weighted by Gasteiger charge is -2.30. The number of carbonyl (C=O) groups excluding carboxylic acids is 1. The first-order valence-electron chi connectivity index (χ1n) is 7.48. The molecule has 0 unspecified atom stereocenters. The Morgan fingerprint density at radius 1 is 1.32 bits per heavy atom. The van der Waals surface area contributed by atoms with E-state index in [0.29, 0.717) is 11.4 Å². The van der Waals surface area contributed by atoms with Crippen molar-refractivity contribution in [2.45, 2.75) is 31.4 Å². The van der Waals surface area contributed by atoms with E-state index in [4.69, 9.17) is 9.84 Å². The molecule has 0 radical (unpaired) electrons. The number of hydrogen-bond acceptors (Lipinski definition) is 5. The number of carbonyl (C=O) groups is 2. The molecule has 1 aromatic heterocycles. The fourth-order valence-electron chi connectivity index (χ4n) is 2.88. The fraction of sp³-hybridized carbons (Fsp3) is 0.600. The largest absolute Gasteiger partial charge is 0.477 e. The number of thiophene rings is 1. The predicted molar refractivity (Wildman–Crippen MR) is 87.0 cm³/mol. The molecule has 2 aliphatic rings. The van der Waals surface area contributed by atoms with Crippen LogP contribution in [0.5, 0.6) is 0 Å². The second kappa shape index (κ2) is 7.02. The Labute approximate surface area is 137 Å². The first-order chi connectivity index (χ1) is 10.6. The lowest BCUT2D eigenvalue weighted by atomic mass is 10.1. The third-order valence-electron chi connectivity index (χ3n) is 4.06. The molecule has 5 nitrogen and oxygen atoms in total. The molecule has 120 valence electrons. The van der Waals surface area contributed by atoms with E-state index in [9.17, 15) is 9.59 Å². The third-order valence-corrected chi connectivity index (χ3v) is 6.27. The van der Waals surface area contributed by atoms with E-state index in [1.54, 1.807) is 6.07 Å². The minimum absolute atomic E-state index is 0.0551. The lowest BCUT2D eigenvalue weighted by molar-refractivity contribution is 0.0445. The molecule has 1 amide bonds. The summed E-state index contributed by atoms with van der Waals surface area (Å²) in [4.78, 5) is 26.5. The average Bonchev–Trinajstić information content (AvgIpc) is 3.24. The van der Waals surface area contributed by atoms with E-state index in [1.807, 2.05) is 16.7 Å². The number of amides is 1. The lowest BCUT2D eigenvalue weighted by Crippen LogP contribution is -2.44. The molecule has 2 saturated heterocycles. The number of carboxylic acids is 1. The van der Waals surface area contributed by atoms with Gasteiger partial charge in [0.1, 0.15) is 4.88 Å². The van der Waals surface area contributed by atoms with Crippen molar-refractivity contribution in [3.8, 4) is 0 Å². The van der Waals surface area contributed by atoms with E-state index in [-0.39, 0.29) is 22.9 Å². The minimum Gasteiger partial charge on any atom is -0.477 e. The zero-order valence-corrected chi connectivity index (χ0v) is 13.8. The van der Waals surface area contributed by atoms with Gasteiger partial charge in [-0.15, -0.1) is 11.3 Å². The third kappa shape index (κ3) is 3.47. The number of ether oxygens (including phenoxy) is 1. The molecule has 1 aromatic rings. The van der Waals surface area contributed by atoms with Crippen molar-refractivity contribution in [3.05, 3.63) is 21.9 Å². The minimum atomic E-state index is -0.980. The quantitative estimate of drug-likeness (QED) is 0.891. The summed E-state index contributed by atoms with van der Waals surface area (Å²) in [6.07, 6.45) is 3.16. The SMILES string of the molecule is O=C(O)c1ccc(C(=O)N(C[C@@H]2CCCO2)[C@H]2CCSC2)s1. The smallest absolute Gasteiger partial charge is 0.345 e. The fourth-order valence-corrected chi connectivity index (χ4v) is 4.91. The molecule has 3 rings (SSSR count). The van der Waals surface area contributed by atoms with Gasteiger partial charge in [-0.25, -0.2) is 4.79 Å².